The zero-order valence-electron chi connectivity index (χ0n) is 13.7. The Morgan fingerprint density at radius 1 is 1.08 bits per heavy atom. The number of hydrogen-bond acceptors (Lipinski definition) is 3. The number of nitrogens with zero attached hydrogens (tertiary/aromatic N) is 2. The quantitative estimate of drug-likeness (QED) is 0.665. The van der Waals surface area contributed by atoms with Gasteiger partial charge in [-0.05, 0) is 24.0 Å². The zero-order chi connectivity index (χ0) is 17.4. The molecule has 2 amide bonds. The first-order chi connectivity index (χ1) is 12.1. The summed E-state index contributed by atoms with van der Waals surface area (Å²) in [5.74, 6) is -0.163. The molecule has 25 heavy (non-hydrogen) atoms. The van der Waals surface area contributed by atoms with Gasteiger partial charge in [0, 0.05) is 31.1 Å². The van der Waals surface area contributed by atoms with Crippen LogP contribution in [0.25, 0.3) is 0 Å². The topological polar surface area (TPSA) is 76.4 Å². The van der Waals surface area contributed by atoms with E-state index in [-0.39, 0.29) is 23.9 Å². The Hall–Kier alpha value is -2.89. The number of pyridine rings is 1. The lowest BCUT2D eigenvalue weighted by Gasteiger charge is -2.24. The van der Waals surface area contributed by atoms with E-state index in [0.29, 0.717) is 23.3 Å². The van der Waals surface area contributed by atoms with Gasteiger partial charge in [-0.3, -0.25) is 9.59 Å². The molecule has 1 saturated heterocycles. The van der Waals surface area contributed by atoms with Crippen molar-refractivity contribution in [3.8, 4) is 0 Å². The maximum atomic E-state index is 12.4. The first kappa shape index (κ1) is 15.6. The highest BCUT2D eigenvalue weighted by molar-refractivity contribution is 5.94. The van der Waals surface area contributed by atoms with Gasteiger partial charge in [0.15, 0.2) is 12.4 Å². The van der Waals surface area contributed by atoms with Crippen LogP contribution in [0.3, 0.4) is 0 Å². The molecule has 1 fully saturated rings. The molecule has 1 N–H and O–H groups in total. The molecule has 1 aromatic carbocycles. The Labute approximate surface area is 145 Å². The number of amides is 2. The molecule has 128 valence electrons. The molecule has 0 bridgehead atoms. The highest BCUT2D eigenvalue weighted by Crippen LogP contribution is 2.28. The summed E-state index contributed by atoms with van der Waals surface area (Å²) < 4.78 is 0.634. The highest BCUT2D eigenvalue weighted by atomic mass is 16.5. The van der Waals surface area contributed by atoms with E-state index in [0.717, 1.165) is 12.8 Å². The second-order valence-electron chi connectivity index (χ2n) is 6.70. The summed E-state index contributed by atoms with van der Waals surface area (Å²) in [4.78, 5) is 26.6. The molecule has 1 atom stereocenters. The molecule has 6 heteroatoms. The van der Waals surface area contributed by atoms with Crippen LogP contribution in [0, 0.1) is 5.21 Å². The SMILES string of the molecule is O=C(N[C@H]1CC(=O)N(C2Cc3ccccc3C2)C1)c1cc[n+]([O-])cc1. The van der Waals surface area contributed by atoms with Gasteiger partial charge in [0.25, 0.3) is 5.91 Å². The van der Waals surface area contributed by atoms with E-state index in [9.17, 15) is 14.8 Å². The molecule has 0 spiro atoms. The van der Waals surface area contributed by atoms with Gasteiger partial charge in [-0.1, -0.05) is 24.3 Å². The molecule has 0 saturated carbocycles. The minimum absolute atomic E-state index is 0.0913. The Morgan fingerprint density at radius 2 is 1.72 bits per heavy atom. The number of carbonyl (C=O) groups excluding carboxylic acids is 2. The molecule has 0 radical (unpaired) electrons. The monoisotopic (exact) mass is 337 g/mol. The summed E-state index contributed by atoms with van der Waals surface area (Å²) in [6, 6.07) is 11.2. The maximum absolute atomic E-state index is 12.4. The molecule has 0 unspecified atom stereocenters. The van der Waals surface area contributed by atoms with E-state index in [1.165, 1.54) is 35.7 Å². The van der Waals surface area contributed by atoms with Gasteiger partial charge >= 0.3 is 0 Å². The molecule has 4 rings (SSSR count). The minimum Gasteiger partial charge on any atom is -0.619 e. The normalized spacial score (nSPS) is 19.9. The molecular weight excluding hydrogens is 318 g/mol. The Morgan fingerprint density at radius 3 is 2.36 bits per heavy atom. The molecule has 1 aliphatic carbocycles. The number of benzene rings is 1. The molecule has 1 aromatic heterocycles. The molecule has 1 aliphatic heterocycles. The van der Waals surface area contributed by atoms with Crippen molar-refractivity contribution < 1.29 is 14.3 Å². The van der Waals surface area contributed by atoms with Gasteiger partial charge in [-0.25, -0.2) is 0 Å². The average Bonchev–Trinajstić information content (AvgIpc) is 3.18. The number of hydrogen-bond donors (Lipinski definition) is 1. The highest BCUT2D eigenvalue weighted by Gasteiger charge is 2.37. The summed E-state index contributed by atoms with van der Waals surface area (Å²) >= 11 is 0. The number of carbonyl (C=O) groups is 2. The van der Waals surface area contributed by atoms with Gasteiger partial charge in [0.05, 0.1) is 11.6 Å². The number of fused-ring (bicyclic) bond motifs is 1. The van der Waals surface area contributed by atoms with Gasteiger partial charge in [0.1, 0.15) is 0 Å². The third-order valence-electron chi connectivity index (χ3n) is 5.03. The van der Waals surface area contributed by atoms with Gasteiger partial charge in [0.2, 0.25) is 5.91 Å². The second-order valence-corrected chi connectivity index (χ2v) is 6.70. The Kier molecular flexibility index (Phi) is 3.87. The number of aromatic nitrogens is 1. The standard InChI is InChI=1S/C19H19N3O3/c23-18-11-16(20-19(24)13-5-7-21(25)8-6-13)12-22(18)17-9-14-3-1-2-4-15(14)10-17/h1-8,16-17H,9-12H2,(H,20,24)/t16-/m0/s1. The van der Waals surface area contributed by atoms with Crippen LogP contribution in [0.15, 0.2) is 48.8 Å². The lowest BCUT2D eigenvalue weighted by Crippen LogP contribution is -2.41. The van der Waals surface area contributed by atoms with Crippen LogP contribution in [0.2, 0.25) is 0 Å². The van der Waals surface area contributed by atoms with Crippen LogP contribution in [0.4, 0.5) is 0 Å². The molecule has 2 aromatic rings. The smallest absolute Gasteiger partial charge is 0.252 e. The lowest BCUT2D eigenvalue weighted by atomic mass is 10.1. The Bertz CT molecular complexity index is 794. The summed E-state index contributed by atoms with van der Waals surface area (Å²) in [5, 5.41) is 14.0. The van der Waals surface area contributed by atoms with E-state index < -0.39 is 0 Å². The Balaban J connectivity index is 1.39. The number of likely N-dealkylation sites (tertiary alicyclic amines) is 1. The predicted molar refractivity (Wildman–Crippen MR) is 90.6 cm³/mol. The summed E-state index contributed by atoms with van der Waals surface area (Å²) in [6.45, 7) is 0.539. The van der Waals surface area contributed by atoms with Gasteiger partial charge in [-0.15, -0.1) is 0 Å². The van der Waals surface area contributed by atoms with Crippen molar-refractivity contribution in [1.82, 2.24) is 10.2 Å². The van der Waals surface area contributed by atoms with Gasteiger partial charge < -0.3 is 15.4 Å². The fourth-order valence-electron chi connectivity index (χ4n) is 3.77. The van der Waals surface area contributed by atoms with Crippen molar-refractivity contribution in [2.45, 2.75) is 31.3 Å². The second kappa shape index (κ2) is 6.20. The van der Waals surface area contributed by atoms with Crippen LogP contribution in [0.5, 0.6) is 0 Å². The summed E-state index contributed by atoms with van der Waals surface area (Å²) in [7, 11) is 0. The van der Waals surface area contributed by atoms with Crippen LogP contribution >= 0.6 is 0 Å². The maximum Gasteiger partial charge on any atom is 0.252 e. The van der Waals surface area contributed by atoms with Crippen molar-refractivity contribution in [2.75, 3.05) is 6.54 Å². The first-order valence-corrected chi connectivity index (χ1v) is 8.46. The van der Waals surface area contributed by atoms with Crippen molar-refractivity contribution in [3.05, 3.63) is 70.7 Å². The number of nitrogens with one attached hydrogen (secondary N) is 1. The van der Waals surface area contributed by atoms with E-state index >= 15 is 0 Å². The van der Waals surface area contributed by atoms with E-state index in [1.54, 1.807) is 0 Å². The van der Waals surface area contributed by atoms with Crippen molar-refractivity contribution >= 4 is 11.8 Å². The van der Waals surface area contributed by atoms with Crippen LogP contribution in [-0.2, 0) is 17.6 Å². The largest absolute Gasteiger partial charge is 0.619 e. The molecule has 2 aliphatic rings. The third-order valence-corrected chi connectivity index (χ3v) is 5.03. The van der Waals surface area contributed by atoms with E-state index in [1.807, 2.05) is 17.0 Å². The number of rotatable bonds is 3. The predicted octanol–water partition coefficient (Wildman–Crippen LogP) is 0.818. The molecule has 6 nitrogen and oxygen atoms in total. The van der Waals surface area contributed by atoms with Crippen LogP contribution in [0.1, 0.15) is 27.9 Å². The van der Waals surface area contributed by atoms with Crippen molar-refractivity contribution in [2.24, 2.45) is 0 Å². The summed E-state index contributed by atoms with van der Waals surface area (Å²) in [5.41, 5.74) is 3.04. The van der Waals surface area contributed by atoms with Crippen LogP contribution < -0.4 is 10.0 Å². The first-order valence-electron chi connectivity index (χ1n) is 8.46. The van der Waals surface area contributed by atoms with E-state index in [2.05, 4.69) is 17.4 Å². The van der Waals surface area contributed by atoms with Crippen LogP contribution in [-0.4, -0.2) is 35.3 Å². The van der Waals surface area contributed by atoms with Crippen molar-refractivity contribution in [3.63, 3.8) is 0 Å². The third kappa shape index (κ3) is 3.07. The zero-order valence-corrected chi connectivity index (χ0v) is 13.7. The average molecular weight is 337 g/mol. The summed E-state index contributed by atoms with van der Waals surface area (Å²) in [6.07, 6.45) is 4.66. The fourth-order valence-corrected chi connectivity index (χ4v) is 3.77. The van der Waals surface area contributed by atoms with Crippen molar-refractivity contribution in [1.29, 1.82) is 0 Å². The minimum atomic E-state index is -0.255. The van der Waals surface area contributed by atoms with E-state index in [4.69, 9.17) is 0 Å². The molecule has 2 heterocycles. The lowest BCUT2D eigenvalue weighted by molar-refractivity contribution is -0.605. The van der Waals surface area contributed by atoms with Gasteiger partial charge in [-0.2, -0.15) is 4.73 Å². The fraction of sp³-hybridized carbons (Fsp3) is 0.316. The molecular formula is C19H19N3O3.